The zero-order valence-electron chi connectivity index (χ0n) is 16.7. The fourth-order valence-corrected chi connectivity index (χ4v) is 5.51. The van der Waals surface area contributed by atoms with Gasteiger partial charge in [-0.3, -0.25) is 14.9 Å². The summed E-state index contributed by atoms with van der Waals surface area (Å²) < 4.78 is 11.0. The first-order chi connectivity index (χ1) is 14.6. The van der Waals surface area contributed by atoms with Gasteiger partial charge < -0.3 is 14.4 Å². The molecule has 1 aliphatic carbocycles. The Kier molecular flexibility index (Phi) is 3.78. The second-order valence-corrected chi connectivity index (χ2v) is 9.23. The van der Waals surface area contributed by atoms with Gasteiger partial charge in [-0.1, -0.05) is 30.3 Å². The van der Waals surface area contributed by atoms with Crippen LogP contribution in [-0.2, 0) is 19.7 Å². The van der Waals surface area contributed by atoms with Crippen LogP contribution in [0.4, 0.5) is 0 Å². The van der Waals surface area contributed by atoms with Crippen molar-refractivity contribution in [2.24, 2.45) is 5.92 Å². The molecule has 154 valence electrons. The molecule has 0 aromatic heterocycles. The number of nitrogens with one attached hydrogen (secondary N) is 1. The lowest BCUT2D eigenvalue weighted by atomic mass is 9.80. The van der Waals surface area contributed by atoms with Gasteiger partial charge in [-0.05, 0) is 48.6 Å². The lowest BCUT2D eigenvalue weighted by Crippen LogP contribution is -2.68. The Hall–Kier alpha value is -2.86. The number of amides is 1. The number of para-hydroxylation sites is 1. The van der Waals surface area contributed by atoms with Crippen LogP contribution in [0.1, 0.15) is 24.8 Å². The molecule has 4 atom stereocenters. The standard InChI is InChI=1S/C24H24N2O4/c27-21-12-23(15-29-21)11-20(25-23)22(28)26-13-17-10-24(17,14-26)16-6-8-19(9-7-16)30-18-4-2-1-3-5-18/h1-9,17,20,25H,10-15H2/t17?,20-,23-,24?/m0/s1. The van der Waals surface area contributed by atoms with Gasteiger partial charge in [0.25, 0.3) is 0 Å². The number of nitrogens with zero attached hydrogens (tertiary/aromatic N) is 1. The Balaban J connectivity index is 1.10. The highest BCUT2D eigenvalue weighted by molar-refractivity contribution is 5.85. The molecule has 6 heteroatoms. The van der Waals surface area contributed by atoms with Crippen LogP contribution in [0, 0.1) is 5.92 Å². The summed E-state index contributed by atoms with van der Waals surface area (Å²) in [7, 11) is 0. The van der Waals surface area contributed by atoms with Gasteiger partial charge in [0.2, 0.25) is 5.91 Å². The third-order valence-electron chi connectivity index (χ3n) is 7.23. The zero-order valence-corrected chi connectivity index (χ0v) is 16.7. The summed E-state index contributed by atoms with van der Waals surface area (Å²) in [6.07, 6.45) is 2.21. The van der Waals surface area contributed by atoms with E-state index in [-0.39, 0.29) is 28.9 Å². The summed E-state index contributed by atoms with van der Waals surface area (Å²) in [4.78, 5) is 26.4. The molecule has 3 heterocycles. The molecule has 0 bridgehead atoms. The molecule has 2 aromatic rings. The predicted molar refractivity (Wildman–Crippen MR) is 109 cm³/mol. The molecule has 1 N–H and O–H groups in total. The number of carbonyl (C=O) groups excluding carboxylic acids is 2. The number of benzene rings is 2. The molecule has 30 heavy (non-hydrogen) atoms. The summed E-state index contributed by atoms with van der Waals surface area (Å²) in [5.74, 6) is 2.17. The van der Waals surface area contributed by atoms with Crippen LogP contribution in [0.15, 0.2) is 54.6 Å². The highest BCUT2D eigenvalue weighted by Gasteiger charge is 2.63. The van der Waals surface area contributed by atoms with Crippen LogP contribution in [0.3, 0.4) is 0 Å². The number of esters is 1. The average Bonchev–Trinajstić information content (AvgIpc) is 3.08. The van der Waals surface area contributed by atoms with Crippen LogP contribution in [0.5, 0.6) is 11.5 Å². The van der Waals surface area contributed by atoms with Crippen molar-refractivity contribution in [3.05, 3.63) is 60.2 Å². The number of carbonyl (C=O) groups is 2. The third kappa shape index (κ3) is 2.82. The number of piperidine rings is 1. The first kappa shape index (κ1) is 18.0. The molecule has 1 spiro atoms. The lowest BCUT2D eigenvalue weighted by Gasteiger charge is -2.45. The summed E-state index contributed by atoms with van der Waals surface area (Å²) in [6.45, 7) is 1.98. The van der Waals surface area contributed by atoms with Gasteiger partial charge in [0.1, 0.15) is 18.1 Å². The van der Waals surface area contributed by atoms with Crippen molar-refractivity contribution in [1.29, 1.82) is 0 Å². The Bertz CT molecular complexity index is 1000. The van der Waals surface area contributed by atoms with Gasteiger partial charge in [0.05, 0.1) is 18.0 Å². The van der Waals surface area contributed by atoms with Crippen molar-refractivity contribution in [3.8, 4) is 11.5 Å². The maximum atomic E-state index is 13.0. The Morgan fingerprint density at radius 1 is 1.07 bits per heavy atom. The van der Waals surface area contributed by atoms with Crippen LogP contribution in [0.2, 0.25) is 0 Å². The predicted octanol–water partition coefficient (Wildman–Crippen LogP) is 2.63. The third-order valence-corrected chi connectivity index (χ3v) is 7.23. The van der Waals surface area contributed by atoms with E-state index in [0.717, 1.165) is 31.0 Å². The average molecular weight is 404 g/mol. The minimum Gasteiger partial charge on any atom is -0.464 e. The Morgan fingerprint density at radius 2 is 1.80 bits per heavy atom. The fraction of sp³-hybridized carbons (Fsp3) is 0.417. The second-order valence-electron chi connectivity index (χ2n) is 9.23. The topological polar surface area (TPSA) is 67.9 Å². The Morgan fingerprint density at radius 3 is 2.50 bits per heavy atom. The van der Waals surface area contributed by atoms with Gasteiger partial charge in [0, 0.05) is 18.5 Å². The Labute approximate surface area is 175 Å². The van der Waals surface area contributed by atoms with E-state index in [1.807, 2.05) is 47.4 Å². The number of fused-ring (bicyclic) bond motifs is 1. The molecule has 3 saturated heterocycles. The van der Waals surface area contributed by atoms with Crippen molar-refractivity contribution in [2.45, 2.75) is 36.3 Å². The lowest BCUT2D eigenvalue weighted by molar-refractivity contribution is -0.138. The molecule has 4 aliphatic rings. The first-order valence-electron chi connectivity index (χ1n) is 10.6. The molecule has 3 aliphatic heterocycles. The van der Waals surface area contributed by atoms with E-state index in [2.05, 4.69) is 17.4 Å². The van der Waals surface area contributed by atoms with Gasteiger partial charge in [-0.15, -0.1) is 0 Å². The molecular formula is C24H24N2O4. The molecule has 0 radical (unpaired) electrons. The van der Waals surface area contributed by atoms with Crippen molar-refractivity contribution < 1.29 is 19.1 Å². The van der Waals surface area contributed by atoms with Crippen LogP contribution >= 0.6 is 0 Å². The fourth-order valence-electron chi connectivity index (χ4n) is 5.51. The van der Waals surface area contributed by atoms with Crippen LogP contribution in [-0.4, -0.2) is 48.1 Å². The zero-order chi connectivity index (χ0) is 20.3. The van der Waals surface area contributed by atoms with E-state index < -0.39 is 0 Å². The summed E-state index contributed by atoms with van der Waals surface area (Å²) in [5, 5.41) is 3.32. The van der Waals surface area contributed by atoms with E-state index in [0.29, 0.717) is 25.4 Å². The normalized spacial score (nSPS) is 33.7. The molecular weight excluding hydrogens is 380 g/mol. The largest absolute Gasteiger partial charge is 0.464 e. The van der Waals surface area contributed by atoms with E-state index in [1.165, 1.54) is 5.56 Å². The molecule has 6 nitrogen and oxygen atoms in total. The second kappa shape index (κ2) is 6.32. The molecule has 6 rings (SSSR count). The maximum Gasteiger partial charge on any atom is 0.307 e. The number of hydrogen-bond donors (Lipinski definition) is 1. The van der Waals surface area contributed by atoms with Crippen molar-refractivity contribution in [1.82, 2.24) is 10.2 Å². The number of hydrogen-bond acceptors (Lipinski definition) is 5. The van der Waals surface area contributed by atoms with E-state index in [4.69, 9.17) is 9.47 Å². The SMILES string of the molecule is O=C1C[C@]2(CO1)C[C@@H](C(=O)N1CC3CC3(c3ccc(Oc4ccccc4)cc3)C1)N2. The first-order valence-corrected chi connectivity index (χ1v) is 10.6. The van der Waals surface area contributed by atoms with Gasteiger partial charge in [-0.25, -0.2) is 0 Å². The minimum atomic E-state index is -0.299. The summed E-state index contributed by atoms with van der Waals surface area (Å²) >= 11 is 0. The number of rotatable bonds is 4. The van der Waals surface area contributed by atoms with Crippen LogP contribution in [0.25, 0.3) is 0 Å². The van der Waals surface area contributed by atoms with Gasteiger partial charge in [-0.2, -0.15) is 0 Å². The minimum absolute atomic E-state index is 0.0921. The molecule has 2 aromatic carbocycles. The van der Waals surface area contributed by atoms with E-state index >= 15 is 0 Å². The van der Waals surface area contributed by atoms with Crippen LogP contribution < -0.4 is 10.1 Å². The molecule has 4 fully saturated rings. The number of likely N-dealkylation sites (tertiary alicyclic amines) is 1. The quantitative estimate of drug-likeness (QED) is 0.794. The van der Waals surface area contributed by atoms with E-state index in [9.17, 15) is 9.59 Å². The van der Waals surface area contributed by atoms with Gasteiger partial charge in [0.15, 0.2) is 0 Å². The maximum absolute atomic E-state index is 13.0. The summed E-state index contributed by atoms with van der Waals surface area (Å²) in [6, 6.07) is 17.9. The monoisotopic (exact) mass is 404 g/mol. The smallest absolute Gasteiger partial charge is 0.307 e. The number of ether oxygens (including phenoxy) is 2. The van der Waals surface area contributed by atoms with Crippen molar-refractivity contribution in [3.63, 3.8) is 0 Å². The molecule has 1 amide bonds. The molecule has 1 saturated carbocycles. The highest BCUT2D eigenvalue weighted by Crippen LogP contribution is 2.59. The van der Waals surface area contributed by atoms with Crippen molar-refractivity contribution in [2.75, 3.05) is 19.7 Å². The summed E-state index contributed by atoms with van der Waals surface area (Å²) in [5.41, 5.74) is 1.08. The van der Waals surface area contributed by atoms with Crippen molar-refractivity contribution >= 4 is 11.9 Å². The van der Waals surface area contributed by atoms with E-state index in [1.54, 1.807) is 0 Å². The van der Waals surface area contributed by atoms with Gasteiger partial charge >= 0.3 is 5.97 Å². The number of cyclic esters (lactones) is 1. The molecule has 2 unspecified atom stereocenters. The highest BCUT2D eigenvalue weighted by atomic mass is 16.5.